The number of hydrogen-bond acceptors (Lipinski definition) is 4. The lowest BCUT2D eigenvalue weighted by atomic mass is 9.84. The standard InChI is InChI=1S/C25H36N2O3Si/c1-18-22(17-30-31(5,6)25(2,3)4)26-21-15-11-10-14-20(21)23(18)27-24(28)29-16-19-12-8-7-9-13-19/h7-15,18,22-23,26H,16-17H2,1-6H3,(H,27,28)/t18-,22?,23?/m0/s1. The monoisotopic (exact) mass is 440 g/mol. The molecule has 5 nitrogen and oxygen atoms in total. The Bertz CT molecular complexity index is 880. The van der Waals surface area contributed by atoms with E-state index in [-0.39, 0.29) is 29.6 Å². The van der Waals surface area contributed by atoms with Crippen molar-refractivity contribution in [2.75, 3.05) is 11.9 Å². The number of alkyl carbamates (subject to hydrolysis) is 1. The van der Waals surface area contributed by atoms with Crippen LogP contribution in [0.5, 0.6) is 0 Å². The maximum Gasteiger partial charge on any atom is 0.407 e. The van der Waals surface area contributed by atoms with Gasteiger partial charge in [-0.25, -0.2) is 4.79 Å². The van der Waals surface area contributed by atoms with Gasteiger partial charge in [0.25, 0.3) is 0 Å². The third-order valence-corrected chi connectivity index (χ3v) is 11.2. The third-order valence-electron chi connectivity index (χ3n) is 6.71. The normalized spacial score (nSPS) is 21.0. The van der Waals surface area contributed by atoms with Crippen LogP contribution in [0.15, 0.2) is 54.6 Å². The van der Waals surface area contributed by atoms with Crippen molar-refractivity contribution in [1.82, 2.24) is 5.32 Å². The molecule has 3 rings (SSSR count). The summed E-state index contributed by atoms with van der Waals surface area (Å²) in [5.74, 6) is 0.143. The summed E-state index contributed by atoms with van der Waals surface area (Å²) in [5.41, 5.74) is 3.09. The lowest BCUT2D eigenvalue weighted by molar-refractivity contribution is 0.128. The molecule has 0 aliphatic carbocycles. The second-order valence-corrected chi connectivity index (χ2v) is 14.8. The van der Waals surface area contributed by atoms with Crippen molar-refractivity contribution in [3.8, 4) is 0 Å². The van der Waals surface area contributed by atoms with E-state index in [0.29, 0.717) is 6.61 Å². The molecule has 0 radical (unpaired) electrons. The molecular formula is C25H36N2O3Si. The van der Waals surface area contributed by atoms with Crippen molar-refractivity contribution in [3.63, 3.8) is 0 Å². The predicted octanol–water partition coefficient (Wildman–Crippen LogP) is 6.11. The van der Waals surface area contributed by atoms with Gasteiger partial charge in [-0.2, -0.15) is 0 Å². The molecule has 2 N–H and O–H groups in total. The minimum atomic E-state index is -1.87. The smallest absolute Gasteiger partial charge is 0.407 e. The van der Waals surface area contributed by atoms with Gasteiger partial charge in [-0.15, -0.1) is 0 Å². The van der Waals surface area contributed by atoms with Gasteiger partial charge in [0.2, 0.25) is 0 Å². The van der Waals surface area contributed by atoms with Crippen LogP contribution in [0.2, 0.25) is 18.1 Å². The lowest BCUT2D eigenvalue weighted by Crippen LogP contribution is -2.49. The van der Waals surface area contributed by atoms with Crippen LogP contribution >= 0.6 is 0 Å². The highest BCUT2D eigenvalue weighted by Crippen LogP contribution is 2.39. The maximum absolute atomic E-state index is 12.6. The summed E-state index contributed by atoms with van der Waals surface area (Å²) < 4.78 is 12.0. The molecule has 0 bridgehead atoms. The van der Waals surface area contributed by atoms with Crippen LogP contribution in [0, 0.1) is 5.92 Å². The summed E-state index contributed by atoms with van der Waals surface area (Å²) in [6.45, 7) is 14.3. The van der Waals surface area contributed by atoms with Gasteiger partial charge < -0.3 is 19.8 Å². The van der Waals surface area contributed by atoms with Crippen molar-refractivity contribution >= 4 is 20.1 Å². The molecule has 0 saturated heterocycles. The molecule has 6 heteroatoms. The second-order valence-electron chi connectivity index (χ2n) is 9.95. The second kappa shape index (κ2) is 9.45. The molecule has 31 heavy (non-hydrogen) atoms. The molecule has 0 aromatic heterocycles. The number of para-hydroxylation sites is 1. The van der Waals surface area contributed by atoms with E-state index in [4.69, 9.17) is 9.16 Å². The fraction of sp³-hybridized carbons (Fsp3) is 0.480. The summed E-state index contributed by atoms with van der Waals surface area (Å²) in [6, 6.07) is 17.8. The van der Waals surface area contributed by atoms with Crippen molar-refractivity contribution in [3.05, 3.63) is 65.7 Å². The largest absolute Gasteiger partial charge is 0.445 e. The van der Waals surface area contributed by atoms with E-state index in [1.165, 1.54) is 0 Å². The van der Waals surface area contributed by atoms with Crippen molar-refractivity contribution in [2.45, 2.75) is 64.5 Å². The van der Waals surface area contributed by atoms with E-state index in [2.05, 4.69) is 63.6 Å². The topological polar surface area (TPSA) is 59.6 Å². The molecular weight excluding hydrogens is 404 g/mol. The molecule has 3 atom stereocenters. The highest BCUT2D eigenvalue weighted by molar-refractivity contribution is 6.74. The van der Waals surface area contributed by atoms with Gasteiger partial charge in [-0.3, -0.25) is 0 Å². The first-order chi connectivity index (χ1) is 14.6. The molecule has 1 heterocycles. The Labute approximate surface area is 187 Å². The number of carbonyl (C=O) groups excluding carboxylic acids is 1. The summed E-state index contributed by atoms with van der Waals surface area (Å²) in [4.78, 5) is 12.6. The minimum Gasteiger partial charge on any atom is -0.445 e. The van der Waals surface area contributed by atoms with Gasteiger partial charge in [-0.1, -0.05) is 76.2 Å². The SMILES string of the molecule is C[C@H]1C(CO[Si](C)(C)C(C)(C)C)Nc2ccccc2C1NC(=O)OCc1ccccc1. The fourth-order valence-electron chi connectivity index (χ4n) is 3.56. The highest BCUT2D eigenvalue weighted by Gasteiger charge is 2.40. The van der Waals surface area contributed by atoms with Crippen LogP contribution in [0.4, 0.5) is 10.5 Å². The summed E-state index contributed by atoms with van der Waals surface area (Å²) in [7, 11) is -1.87. The number of ether oxygens (including phenoxy) is 1. The number of hydrogen-bond donors (Lipinski definition) is 2. The van der Waals surface area contributed by atoms with Crippen LogP contribution in [0.25, 0.3) is 0 Å². The van der Waals surface area contributed by atoms with E-state index < -0.39 is 14.4 Å². The Balaban J connectivity index is 1.70. The summed E-state index contributed by atoms with van der Waals surface area (Å²) in [6.07, 6.45) is -0.401. The van der Waals surface area contributed by atoms with Gasteiger partial charge in [0.05, 0.1) is 18.7 Å². The zero-order valence-corrected chi connectivity index (χ0v) is 20.6. The Kier molecular flexibility index (Phi) is 7.12. The molecule has 168 valence electrons. The molecule has 2 aromatic carbocycles. The van der Waals surface area contributed by atoms with Crippen molar-refractivity contribution in [2.24, 2.45) is 5.92 Å². The van der Waals surface area contributed by atoms with E-state index in [1.54, 1.807) is 0 Å². The average molecular weight is 441 g/mol. The lowest BCUT2D eigenvalue weighted by Gasteiger charge is -2.42. The van der Waals surface area contributed by atoms with Crippen LogP contribution in [-0.4, -0.2) is 27.1 Å². The first-order valence-electron chi connectivity index (χ1n) is 11.0. The Morgan fingerprint density at radius 3 is 2.39 bits per heavy atom. The van der Waals surface area contributed by atoms with Gasteiger partial charge in [-0.05, 0) is 35.3 Å². The molecule has 1 aliphatic rings. The number of fused-ring (bicyclic) bond motifs is 1. The van der Waals surface area contributed by atoms with Crippen LogP contribution in [-0.2, 0) is 15.8 Å². The number of nitrogens with one attached hydrogen (secondary N) is 2. The Hall–Kier alpha value is -2.31. The summed E-state index contributed by atoms with van der Waals surface area (Å²) in [5, 5.41) is 6.90. The molecule has 2 unspecified atom stereocenters. The van der Waals surface area contributed by atoms with E-state index in [9.17, 15) is 4.79 Å². The van der Waals surface area contributed by atoms with Crippen molar-refractivity contribution < 1.29 is 14.0 Å². The average Bonchev–Trinajstić information content (AvgIpc) is 2.73. The summed E-state index contributed by atoms with van der Waals surface area (Å²) >= 11 is 0. The molecule has 1 aliphatic heterocycles. The minimum absolute atomic E-state index is 0.100. The zero-order valence-electron chi connectivity index (χ0n) is 19.6. The van der Waals surface area contributed by atoms with Gasteiger partial charge in [0, 0.05) is 11.6 Å². The van der Waals surface area contributed by atoms with Crippen molar-refractivity contribution in [1.29, 1.82) is 0 Å². The molecule has 0 spiro atoms. The predicted molar refractivity (Wildman–Crippen MR) is 129 cm³/mol. The maximum atomic E-state index is 12.6. The molecule has 0 saturated carbocycles. The van der Waals surface area contributed by atoms with E-state index in [0.717, 1.165) is 16.8 Å². The van der Waals surface area contributed by atoms with E-state index >= 15 is 0 Å². The zero-order chi connectivity index (χ0) is 22.6. The Morgan fingerprint density at radius 2 is 1.71 bits per heavy atom. The molecule has 0 fully saturated rings. The van der Waals surface area contributed by atoms with Gasteiger partial charge >= 0.3 is 6.09 Å². The number of carbonyl (C=O) groups is 1. The van der Waals surface area contributed by atoms with Gasteiger partial charge in [0.15, 0.2) is 8.32 Å². The third kappa shape index (κ3) is 5.69. The van der Waals surface area contributed by atoms with E-state index in [1.807, 2.05) is 42.5 Å². The fourth-order valence-corrected chi connectivity index (χ4v) is 4.58. The first kappa shape index (κ1) is 23.4. The number of rotatable bonds is 6. The molecule has 2 aromatic rings. The van der Waals surface area contributed by atoms with Crippen LogP contribution in [0.1, 0.15) is 44.9 Å². The van der Waals surface area contributed by atoms with Gasteiger partial charge in [0.1, 0.15) is 6.61 Å². The number of anilines is 1. The van der Waals surface area contributed by atoms with Crippen LogP contribution < -0.4 is 10.6 Å². The quantitative estimate of drug-likeness (QED) is 0.532. The van der Waals surface area contributed by atoms with Crippen LogP contribution in [0.3, 0.4) is 0 Å². The molecule has 1 amide bonds. The highest BCUT2D eigenvalue weighted by atomic mass is 28.4. The first-order valence-corrected chi connectivity index (χ1v) is 14.0. The number of amides is 1. The Morgan fingerprint density at radius 1 is 1.06 bits per heavy atom. The number of benzene rings is 2.